The topological polar surface area (TPSA) is 88.1 Å². The van der Waals surface area contributed by atoms with Crippen LogP contribution in [0.2, 0.25) is 0 Å². The van der Waals surface area contributed by atoms with Crippen LogP contribution in [0.5, 0.6) is 11.5 Å². The largest absolute Gasteiger partial charge is 0.493 e. The van der Waals surface area contributed by atoms with Crippen molar-refractivity contribution in [3.05, 3.63) is 23.8 Å². The molecule has 1 amide bonds. The molecule has 1 unspecified atom stereocenters. The lowest BCUT2D eigenvalue weighted by atomic mass is 10.1. The van der Waals surface area contributed by atoms with Gasteiger partial charge in [0.25, 0.3) is 0 Å². The van der Waals surface area contributed by atoms with Gasteiger partial charge < -0.3 is 19.9 Å². The van der Waals surface area contributed by atoms with Gasteiger partial charge in [0.2, 0.25) is 5.91 Å². The first-order valence-corrected chi connectivity index (χ1v) is 9.09. The fourth-order valence-electron chi connectivity index (χ4n) is 2.51. The zero-order valence-corrected chi connectivity index (χ0v) is 17.2. The van der Waals surface area contributed by atoms with E-state index >= 15 is 0 Å². The predicted molar refractivity (Wildman–Crippen MR) is 105 cm³/mol. The smallest absolute Gasteiger partial charge is 0.234 e. The van der Waals surface area contributed by atoms with E-state index in [0.29, 0.717) is 30.2 Å². The third-order valence-electron chi connectivity index (χ3n) is 3.80. The number of nitrogens with zero attached hydrogens (tertiary/aromatic N) is 1. The molecule has 1 atom stereocenters. The summed E-state index contributed by atoms with van der Waals surface area (Å²) < 4.78 is 10.9. The Labute approximate surface area is 161 Å². The van der Waals surface area contributed by atoms with Gasteiger partial charge in [0.15, 0.2) is 17.3 Å². The summed E-state index contributed by atoms with van der Waals surface area (Å²) in [7, 11) is 1.50. The molecule has 0 aromatic heterocycles. The molecule has 0 saturated heterocycles. The van der Waals surface area contributed by atoms with Crippen LogP contribution in [0.3, 0.4) is 0 Å². The molecule has 27 heavy (non-hydrogen) atoms. The standard InChI is InChI=1S/C20H32N2O5/c1-7-22(12-19(25)21-20(3,4)5)11-16(24)13-27-17-9-8-15(14(2)23)10-18(17)26-6/h8-10,16,24H,7,11-13H2,1-6H3,(H,21,25). The van der Waals surface area contributed by atoms with Crippen molar-refractivity contribution in [1.82, 2.24) is 10.2 Å². The summed E-state index contributed by atoms with van der Waals surface area (Å²) in [4.78, 5) is 25.3. The average Bonchev–Trinajstić information content (AvgIpc) is 2.57. The number of rotatable bonds is 10. The molecule has 7 heteroatoms. The second-order valence-electron chi connectivity index (χ2n) is 7.51. The summed E-state index contributed by atoms with van der Waals surface area (Å²) in [5, 5.41) is 13.2. The average molecular weight is 380 g/mol. The maximum Gasteiger partial charge on any atom is 0.234 e. The minimum Gasteiger partial charge on any atom is -0.493 e. The molecule has 1 aromatic carbocycles. The number of hydrogen-bond donors (Lipinski definition) is 2. The van der Waals surface area contributed by atoms with Crippen molar-refractivity contribution in [2.24, 2.45) is 0 Å². The lowest BCUT2D eigenvalue weighted by Gasteiger charge is -2.26. The minimum absolute atomic E-state index is 0.0488. The number of methoxy groups -OCH3 is 1. The molecule has 7 nitrogen and oxygen atoms in total. The van der Waals surface area contributed by atoms with E-state index in [4.69, 9.17) is 9.47 Å². The van der Waals surface area contributed by atoms with Gasteiger partial charge in [0.05, 0.1) is 13.7 Å². The van der Waals surface area contributed by atoms with E-state index in [-0.39, 0.29) is 30.4 Å². The monoisotopic (exact) mass is 380 g/mol. The van der Waals surface area contributed by atoms with Gasteiger partial charge in [0.1, 0.15) is 12.7 Å². The molecule has 152 valence electrons. The highest BCUT2D eigenvalue weighted by Crippen LogP contribution is 2.28. The first-order valence-electron chi connectivity index (χ1n) is 9.09. The van der Waals surface area contributed by atoms with E-state index < -0.39 is 6.10 Å². The molecular weight excluding hydrogens is 348 g/mol. The van der Waals surface area contributed by atoms with Gasteiger partial charge in [-0.15, -0.1) is 0 Å². The number of ketones is 1. The molecule has 0 spiro atoms. The van der Waals surface area contributed by atoms with Crippen LogP contribution < -0.4 is 14.8 Å². The number of Topliss-reactive ketones (excluding diaryl/α,β-unsaturated/α-hetero) is 1. The fourth-order valence-corrected chi connectivity index (χ4v) is 2.51. The normalized spacial score (nSPS) is 12.6. The maximum absolute atomic E-state index is 12.0. The quantitative estimate of drug-likeness (QED) is 0.603. The van der Waals surface area contributed by atoms with Crippen molar-refractivity contribution in [2.75, 3.05) is 33.4 Å². The number of carbonyl (C=O) groups is 2. The van der Waals surface area contributed by atoms with Crippen LogP contribution in [-0.4, -0.2) is 66.7 Å². The van der Waals surface area contributed by atoms with Crippen LogP contribution in [0.1, 0.15) is 45.0 Å². The molecule has 0 heterocycles. The lowest BCUT2D eigenvalue weighted by Crippen LogP contribution is -2.47. The number of hydrogen-bond acceptors (Lipinski definition) is 6. The summed E-state index contributed by atoms with van der Waals surface area (Å²) in [6.45, 7) is 10.4. The summed E-state index contributed by atoms with van der Waals surface area (Å²) >= 11 is 0. The van der Waals surface area contributed by atoms with Gasteiger partial charge in [-0.25, -0.2) is 0 Å². The van der Waals surface area contributed by atoms with Gasteiger partial charge in [-0.2, -0.15) is 0 Å². The van der Waals surface area contributed by atoms with Crippen LogP contribution in [-0.2, 0) is 4.79 Å². The minimum atomic E-state index is -0.774. The Morgan fingerprint density at radius 2 is 1.93 bits per heavy atom. The van der Waals surface area contributed by atoms with E-state index in [2.05, 4.69) is 5.32 Å². The number of likely N-dealkylation sites (N-methyl/N-ethyl adjacent to an activating group) is 1. The van der Waals surface area contributed by atoms with Gasteiger partial charge >= 0.3 is 0 Å². The number of benzene rings is 1. The summed E-state index contributed by atoms with van der Waals surface area (Å²) in [6, 6.07) is 4.91. The second-order valence-corrected chi connectivity index (χ2v) is 7.51. The Morgan fingerprint density at radius 1 is 1.26 bits per heavy atom. The highest BCUT2D eigenvalue weighted by Gasteiger charge is 2.19. The Balaban J connectivity index is 2.59. The van der Waals surface area contributed by atoms with Crippen LogP contribution in [0.4, 0.5) is 0 Å². The Bertz CT molecular complexity index is 640. The number of carbonyl (C=O) groups excluding carboxylic acids is 2. The molecular formula is C20H32N2O5. The molecule has 1 aromatic rings. The van der Waals surface area contributed by atoms with Crippen LogP contribution in [0, 0.1) is 0 Å². The summed E-state index contributed by atoms with van der Waals surface area (Å²) in [5.41, 5.74) is 0.239. The third kappa shape index (κ3) is 8.41. The Kier molecular flexibility index (Phi) is 8.72. The molecule has 0 aliphatic carbocycles. The highest BCUT2D eigenvalue weighted by atomic mass is 16.5. The van der Waals surface area contributed by atoms with Crippen LogP contribution in [0.25, 0.3) is 0 Å². The number of nitrogens with one attached hydrogen (secondary N) is 1. The van der Waals surface area contributed by atoms with Gasteiger partial charge in [0, 0.05) is 17.6 Å². The Hall–Kier alpha value is -2.12. The number of amides is 1. The highest BCUT2D eigenvalue weighted by molar-refractivity contribution is 5.94. The van der Waals surface area contributed by atoms with Crippen molar-refractivity contribution in [2.45, 2.75) is 46.3 Å². The van der Waals surface area contributed by atoms with E-state index in [1.807, 2.05) is 32.6 Å². The van der Waals surface area contributed by atoms with E-state index in [1.165, 1.54) is 14.0 Å². The van der Waals surface area contributed by atoms with E-state index in [0.717, 1.165) is 0 Å². The van der Waals surface area contributed by atoms with E-state index in [9.17, 15) is 14.7 Å². The molecule has 0 aliphatic heterocycles. The van der Waals surface area contributed by atoms with Gasteiger partial charge in [-0.05, 0) is 52.4 Å². The van der Waals surface area contributed by atoms with Crippen LogP contribution >= 0.6 is 0 Å². The predicted octanol–water partition coefficient (Wildman–Crippen LogP) is 1.87. The zero-order chi connectivity index (χ0) is 20.6. The maximum atomic E-state index is 12.0. The molecule has 2 N–H and O–H groups in total. The molecule has 0 aliphatic rings. The Morgan fingerprint density at radius 3 is 2.44 bits per heavy atom. The fraction of sp³-hybridized carbons (Fsp3) is 0.600. The molecule has 1 rings (SSSR count). The number of ether oxygens (including phenoxy) is 2. The van der Waals surface area contributed by atoms with Gasteiger partial charge in [-0.3, -0.25) is 14.5 Å². The van der Waals surface area contributed by atoms with Crippen molar-refractivity contribution in [1.29, 1.82) is 0 Å². The number of aliphatic hydroxyl groups is 1. The third-order valence-corrected chi connectivity index (χ3v) is 3.80. The molecule has 0 radical (unpaired) electrons. The molecule has 0 saturated carbocycles. The first-order chi connectivity index (χ1) is 12.6. The summed E-state index contributed by atoms with van der Waals surface area (Å²) in [5.74, 6) is 0.743. The number of aliphatic hydroxyl groups excluding tert-OH is 1. The van der Waals surface area contributed by atoms with E-state index in [1.54, 1.807) is 18.2 Å². The van der Waals surface area contributed by atoms with Crippen molar-refractivity contribution >= 4 is 11.7 Å². The molecule has 0 fully saturated rings. The first kappa shape index (κ1) is 22.9. The summed E-state index contributed by atoms with van der Waals surface area (Å²) in [6.07, 6.45) is -0.774. The van der Waals surface area contributed by atoms with Crippen molar-refractivity contribution < 1.29 is 24.2 Å². The molecule has 0 bridgehead atoms. The van der Waals surface area contributed by atoms with Crippen molar-refractivity contribution in [3.63, 3.8) is 0 Å². The van der Waals surface area contributed by atoms with Crippen LogP contribution in [0.15, 0.2) is 18.2 Å². The lowest BCUT2D eigenvalue weighted by molar-refractivity contribution is -0.124. The van der Waals surface area contributed by atoms with Gasteiger partial charge in [-0.1, -0.05) is 6.92 Å². The van der Waals surface area contributed by atoms with Crippen molar-refractivity contribution in [3.8, 4) is 11.5 Å². The second kappa shape index (κ2) is 10.3. The zero-order valence-electron chi connectivity index (χ0n) is 17.2. The SMILES string of the molecule is CCN(CC(=O)NC(C)(C)C)CC(O)COc1ccc(C(C)=O)cc1OC.